The van der Waals surface area contributed by atoms with Crippen molar-refractivity contribution in [1.82, 2.24) is 10.0 Å². The zero-order valence-electron chi connectivity index (χ0n) is 18.4. The average Bonchev–Trinajstić information content (AvgIpc) is 3.07. The van der Waals surface area contributed by atoms with Crippen molar-refractivity contribution in [2.45, 2.75) is 26.3 Å². The van der Waals surface area contributed by atoms with Gasteiger partial charge in [-0.05, 0) is 44.0 Å². The summed E-state index contributed by atoms with van der Waals surface area (Å²) in [5, 5.41) is 24.3. The van der Waals surface area contributed by atoms with Crippen LogP contribution in [0.1, 0.15) is 35.7 Å². The molecule has 1 fully saturated rings. The monoisotopic (exact) mass is 498 g/mol. The van der Waals surface area contributed by atoms with Gasteiger partial charge in [-0.1, -0.05) is 23.3 Å². The Morgan fingerprint density at radius 2 is 1.71 bits per heavy atom. The van der Waals surface area contributed by atoms with Crippen molar-refractivity contribution in [3.05, 3.63) is 90.5 Å². The molecule has 2 atom stereocenters. The predicted octanol–water partition coefficient (Wildman–Crippen LogP) is 4.06. The number of hydrogen-bond acceptors (Lipinski definition) is 7. The number of halogens is 1. The maximum atomic E-state index is 13.5. The van der Waals surface area contributed by atoms with Gasteiger partial charge in [-0.25, -0.2) is 5.01 Å². The van der Waals surface area contributed by atoms with Gasteiger partial charge in [0.15, 0.2) is 0 Å². The quantitative estimate of drug-likeness (QED) is 0.253. The smallest absolute Gasteiger partial charge is 0.272 e. The Balaban J connectivity index is 1.76. The van der Waals surface area contributed by atoms with Crippen LogP contribution in [0.15, 0.2) is 54.1 Å². The Morgan fingerprint density at radius 1 is 1.06 bits per heavy atom. The van der Waals surface area contributed by atoms with Gasteiger partial charge < -0.3 is 0 Å². The maximum Gasteiger partial charge on any atom is 0.275 e. The van der Waals surface area contributed by atoms with Crippen molar-refractivity contribution < 1.29 is 24.2 Å². The molecule has 2 aromatic carbocycles. The van der Waals surface area contributed by atoms with Crippen molar-refractivity contribution in [3.63, 3.8) is 0 Å². The number of rotatable bonds is 6. The van der Waals surface area contributed by atoms with Crippen molar-refractivity contribution >= 4 is 40.7 Å². The molecule has 1 saturated heterocycles. The lowest BCUT2D eigenvalue weighted by molar-refractivity contribution is -0.385. The molecule has 12 heteroatoms. The van der Waals surface area contributed by atoms with Crippen LogP contribution in [0.2, 0.25) is 5.02 Å². The van der Waals surface area contributed by atoms with E-state index in [9.17, 15) is 34.6 Å². The normalized spacial score (nSPS) is 19.3. The number of fused-ring (bicyclic) bond motifs is 1. The molecule has 1 heterocycles. The zero-order valence-corrected chi connectivity index (χ0v) is 19.2. The number of benzene rings is 2. The Hall–Kier alpha value is -4.12. The third kappa shape index (κ3) is 4.50. The molecule has 1 aliphatic heterocycles. The van der Waals surface area contributed by atoms with Gasteiger partial charge in [0.05, 0.1) is 33.8 Å². The first kappa shape index (κ1) is 24.0. The maximum absolute atomic E-state index is 13.5. The van der Waals surface area contributed by atoms with Crippen molar-refractivity contribution in [2.75, 3.05) is 0 Å². The van der Waals surface area contributed by atoms with E-state index >= 15 is 0 Å². The Morgan fingerprint density at radius 3 is 2.34 bits per heavy atom. The Labute approximate surface area is 203 Å². The highest BCUT2D eigenvalue weighted by molar-refractivity contribution is 6.30. The molecular formula is C23H19ClN4O7. The van der Waals surface area contributed by atoms with E-state index in [0.717, 1.165) is 33.8 Å². The van der Waals surface area contributed by atoms with Gasteiger partial charge in [0.1, 0.15) is 0 Å². The fourth-order valence-corrected chi connectivity index (χ4v) is 4.53. The highest BCUT2D eigenvalue weighted by atomic mass is 35.5. The van der Waals surface area contributed by atoms with E-state index < -0.39 is 45.9 Å². The second kappa shape index (κ2) is 9.26. The van der Waals surface area contributed by atoms with E-state index in [4.69, 9.17) is 11.6 Å². The Bertz CT molecular complexity index is 1290. The van der Waals surface area contributed by atoms with Crippen LogP contribution < -0.4 is 0 Å². The average molecular weight is 499 g/mol. The van der Waals surface area contributed by atoms with Crippen LogP contribution in [0.25, 0.3) is 0 Å². The zero-order chi connectivity index (χ0) is 25.4. The molecule has 0 saturated carbocycles. The summed E-state index contributed by atoms with van der Waals surface area (Å²) in [4.78, 5) is 61.4. The van der Waals surface area contributed by atoms with Gasteiger partial charge in [0, 0.05) is 28.8 Å². The van der Waals surface area contributed by atoms with Crippen LogP contribution in [-0.4, -0.2) is 37.6 Å². The van der Waals surface area contributed by atoms with Gasteiger partial charge in [0.2, 0.25) is 0 Å². The van der Waals surface area contributed by atoms with Crippen molar-refractivity contribution in [3.8, 4) is 0 Å². The van der Waals surface area contributed by atoms with Crippen LogP contribution in [0, 0.1) is 32.1 Å². The van der Waals surface area contributed by atoms with Gasteiger partial charge >= 0.3 is 0 Å². The highest BCUT2D eigenvalue weighted by Gasteiger charge is 2.51. The lowest BCUT2D eigenvalue weighted by Gasteiger charge is -2.30. The Kier molecular flexibility index (Phi) is 6.35. The SMILES string of the molecule is CC1=CC[C@@H]2C(=O)N(N(Cc3ccc(Cl)cc3[N+](=O)[O-])C(=O)c3ccc([N+](=O)[O-])cc3)C(=O)[C@H]2C1. The molecule has 180 valence electrons. The topological polar surface area (TPSA) is 144 Å². The molecule has 0 spiro atoms. The largest absolute Gasteiger partial charge is 0.275 e. The second-order valence-electron chi connectivity index (χ2n) is 8.39. The van der Waals surface area contributed by atoms with E-state index in [1.165, 1.54) is 24.3 Å². The molecule has 1 aliphatic carbocycles. The first-order chi connectivity index (χ1) is 16.6. The van der Waals surface area contributed by atoms with E-state index in [-0.39, 0.29) is 27.5 Å². The molecule has 2 aromatic rings. The number of imide groups is 1. The number of non-ortho nitro benzene ring substituents is 1. The molecule has 0 radical (unpaired) electrons. The van der Waals surface area contributed by atoms with Gasteiger partial charge in [-0.3, -0.25) is 34.6 Å². The fourth-order valence-electron chi connectivity index (χ4n) is 4.37. The van der Waals surface area contributed by atoms with Crippen molar-refractivity contribution in [1.29, 1.82) is 0 Å². The molecule has 11 nitrogen and oxygen atoms in total. The summed E-state index contributed by atoms with van der Waals surface area (Å²) in [6, 6.07) is 8.51. The number of carbonyl (C=O) groups excluding carboxylic acids is 3. The minimum Gasteiger partial charge on any atom is -0.272 e. The molecule has 0 aromatic heterocycles. The minimum absolute atomic E-state index is 0.0306. The van der Waals surface area contributed by atoms with Crippen LogP contribution >= 0.6 is 11.6 Å². The molecule has 35 heavy (non-hydrogen) atoms. The van der Waals surface area contributed by atoms with Gasteiger partial charge in [0.25, 0.3) is 29.1 Å². The first-order valence-electron chi connectivity index (χ1n) is 10.6. The predicted molar refractivity (Wildman–Crippen MR) is 123 cm³/mol. The lowest BCUT2D eigenvalue weighted by Crippen LogP contribution is -2.49. The summed E-state index contributed by atoms with van der Waals surface area (Å²) in [6.45, 7) is 1.39. The van der Waals surface area contributed by atoms with Crippen LogP contribution in [0.5, 0.6) is 0 Å². The van der Waals surface area contributed by atoms with Crippen LogP contribution in [0.3, 0.4) is 0 Å². The number of amides is 3. The number of nitrogens with zero attached hydrogens (tertiary/aromatic N) is 4. The molecule has 4 rings (SSSR count). The fraction of sp³-hybridized carbons (Fsp3) is 0.261. The second-order valence-corrected chi connectivity index (χ2v) is 8.82. The number of carbonyl (C=O) groups is 3. The summed E-state index contributed by atoms with van der Waals surface area (Å²) in [5.41, 5.74) is 0.350. The third-order valence-electron chi connectivity index (χ3n) is 6.16. The summed E-state index contributed by atoms with van der Waals surface area (Å²) < 4.78 is 0. The first-order valence-corrected chi connectivity index (χ1v) is 11.0. The van der Waals surface area contributed by atoms with Crippen LogP contribution in [-0.2, 0) is 16.1 Å². The third-order valence-corrected chi connectivity index (χ3v) is 6.40. The molecule has 0 N–H and O–H groups in total. The number of nitro groups is 2. The van der Waals surface area contributed by atoms with E-state index in [1.807, 2.05) is 13.0 Å². The number of nitro benzene ring substituents is 2. The number of hydrogen-bond donors (Lipinski definition) is 0. The standard InChI is InChI=1S/C23H19ClN4O7/c1-13-2-9-18-19(10-13)23(31)26(22(18)30)25(12-15-3-6-16(24)11-20(15)28(34)35)21(29)14-4-7-17(8-5-14)27(32)33/h2-8,11,18-19H,9-10,12H2,1H3/t18-,19-/m0/s1. The summed E-state index contributed by atoms with van der Waals surface area (Å²) in [6.07, 6.45) is 2.59. The molecular weight excluding hydrogens is 480 g/mol. The van der Waals surface area contributed by atoms with E-state index in [0.29, 0.717) is 12.8 Å². The van der Waals surface area contributed by atoms with Crippen molar-refractivity contribution in [2.24, 2.45) is 11.8 Å². The van der Waals surface area contributed by atoms with E-state index in [1.54, 1.807) is 0 Å². The van der Waals surface area contributed by atoms with E-state index in [2.05, 4.69) is 0 Å². The summed E-state index contributed by atoms with van der Waals surface area (Å²) >= 11 is 5.90. The summed E-state index contributed by atoms with van der Waals surface area (Å²) in [7, 11) is 0. The van der Waals surface area contributed by atoms with Gasteiger partial charge in [-0.2, -0.15) is 5.01 Å². The molecule has 0 unspecified atom stereocenters. The molecule has 0 bridgehead atoms. The molecule has 2 aliphatic rings. The molecule has 3 amide bonds. The van der Waals surface area contributed by atoms with Gasteiger partial charge in [-0.15, -0.1) is 0 Å². The van der Waals surface area contributed by atoms with Crippen LogP contribution in [0.4, 0.5) is 11.4 Å². The summed E-state index contributed by atoms with van der Waals surface area (Å²) in [5.74, 6) is -3.23. The number of hydrazine groups is 1. The number of allylic oxidation sites excluding steroid dienone is 2. The highest BCUT2D eigenvalue weighted by Crippen LogP contribution is 2.39. The lowest BCUT2D eigenvalue weighted by atomic mass is 9.82. The minimum atomic E-state index is -0.811.